The van der Waals surface area contributed by atoms with Crippen molar-refractivity contribution in [2.45, 2.75) is 13.5 Å². The van der Waals surface area contributed by atoms with Gasteiger partial charge in [-0.3, -0.25) is 10.1 Å². The van der Waals surface area contributed by atoms with E-state index in [0.717, 1.165) is 15.0 Å². The summed E-state index contributed by atoms with van der Waals surface area (Å²) in [6, 6.07) is 5.07. The Balaban J connectivity index is 2.17. The highest BCUT2D eigenvalue weighted by Crippen LogP contribution is 2.24. The molecule has 0 atom stereocenters. The summed E-state index contributed by atoms with van der Waals surface area (Å²) < 4.78 is 1.01. The third kappa shape index (κ3) is 3.05. The Labute approximate surface area is 116 Å². The molecule has 0 unspecified atom stereocenters. The number of aryl methyl sites for hydroxylation is 1. The van der Waals surface area contributed by atoms with E-state index in [4.69, 9.17) is 0 Å². The highest BCUT2D eigenvalue weighted by molar-refractivity contribution is 9.10. The van der Waals surface area contributed by atoms with Crippen LogP contribution < -0.4 is 5.32 Å². The van der Waals surface area contributed by atoms with E-state index >= 15 is 0 Å². The summed E-state index contributed by atoms with van der Waals surface area (Å²) >= 11 is 4.95. The van der Waals surface area contributed by atoms with Gasteiger partial charge in [0.1, 0.15) is 0 Å². The molecule has 0 aromatic carbocycles. The average molecular weight is 328 g/mol. The first-order valence-electron chi connectivity index (χ1n) is 5.15. The summed E-state index contributed by atoms with van der Waals surface area (Å²) in [7, 11) is 0. The van der Waals surface area contributed by atoms with E-state index in [0.29, 0.717) is 12.4 Å². The van der Waals surface area contributed by atoms with E-state index in [-0.39, 0.29) is 5.69 Å². The molecular weight excluding hydrogens is 318 g/mol. The van der Waals surface area contributed by atoms with Crippen molar-refractivity contribution in [3.63, 3.8) is 0 Å². The fraction of sp³-hybridized carbons (Fsp3) is 0.182. The minimum Gasteiger partial charge on any atom is -0.359 e. The zero-order valence-electron chi connectivity index (χ0n) is 9.51. The Kier molecular flexibility index (Phi) is 3.93. The molecule has 0 saturated heterocycles. The molecule has 0 radical (unpaired) electrons. The van der Waals surface area contributed by atoms with Crippen LogP contribution in [0.2, 0.25) is 0 Å². The molecule has 18 heavy (non-hydrogen) atoms. The second kappa shape index (κ2) is 5.45. The number of nitrogens with one attached hydrogen (secondary N) is 1. The zero-order valence-corrected chi connectivity index (χ0v) is 11.9. The Morgan fingerprint density at radius 1 is 1.56 bits per heavy atom. The van der Waals surface area contributed by atoms with Crippen LogP contribution in [-0.4, -0.2) is 9.91 Å². The molecule has 2 rings (SSSR count). The number of hydrogen-bond donors (Lipinski definition) is 1. The lowest BCUT2D eigenvalue weighted by atomic mass is 10.3. The summed E-state index contributed by atoms with van der Waals surface area (Å²) in [5, 5.41) is 15.8. The lowest BCUT2D eigenvalue weighted by Gasteiger charge is -2.05. The van der Waals surface area contributed by atoms with Gasteiger partial charge >= 0.3 is 5.69 Å². The number of nitrogens with zero attached hydrogens (tertiary/aromatic N) is 2. The lowest BCUT2D eigenvalue weighted by molar-refractivity contribution is -0.384. The minimum atomic E-state index is -0.431. The molecule has 0 bridgehead atoms. The van der Waals surface area contributed by atoms with Crippen LogP contribution >= 0.6 is 27.3 Å². The van der Waals surface area contributed by atoms with Crippen molar-refractivity contribution < 1.29 is 4.92 Å². The quantitative estimate of drug-likeness (QED) is 0.686. The lowest BCUT2D eigenvalue weighted by Crippen LogP contribution is -2.04. The molecule has 1 N–H and O–H groups in total. The zero-order chi connectivity index (χ0) is 13.1. The topological polar surface area (TPSA) is 68.1 Å². The van der Waals surface area contributed by atoms with Crippen LogP contribution in [-0.2, 0) is 6.54 Å². The molecule has 0 aliphatic carbocycles. The molecule has 0 saturated carbocycles. The predicted octanol–water partition coefficient (Wildman–Crippen LogP) is 3.73. The second-order valence-electron chi connectivity index (χ2n) is 3.66. The van der Waals surface area contributed by atoms with Gasteiger partial charge in [-0.25, -0.2) is 4.98 Å². The van der Waals surface area contributed by atoms with Crippen molar-refractivity contribution in [1.82, 2.24) is 4.98 Å². The molecule has 2 aromatic rings. The fourth-order valence-electron chi connectivity index (χ4n) is 1.44. The number of aromatic nitrogens is 1. The summed E-state index contributed by atoms with van der Waals surface area (Å²) in [5.74, 6) is 0.310. The molecule has 94 valence electrons. The van der Waals surface area contributed by atoms with E-state index in [9.17, 15) is 10.1 Å². The van der Waals surface area contributed by atoms with E-state index in [1.807, 2.05) is 11.4 Å². The average Bonchev–Trinajstić information content (AvgIpc) is 2.72. The van der Waals surface area contributed by atoms with E-state index < -0.39 is 4.92 Å². The first-order chi connectivity index (χ1) is 8.56. The first-order valence-corrected chi connectivity index (χ1v) is 6.82. The standard InChI is InChI=1S/C11H10BrN3O2S/c1-7-2-3-10(15(16)17)11(14-7)13-5-9-4-8(12)6-18-9/h2-4,6H,5H2,1H3,(H,13,14). The Morgan fingerprint density at radius 3 is 2.94 bits per heavy atom. The second-order valence-corrected chi connectivity index (χ2v) is 5.57. The third-order valence-corrected chi connectivity index (χ3v) is 3.96. The smallest absolute Gasteiger partial charge is 0.311 e. The van der Waals surface area contributed by atoms with Gasteiger partial charge in [-0.15, -0.1) is 11.3 Å². The number of nitro groups is 1. The van der Waals surface area contributed by atoms with E-state index in [1.54, 1.807) is 24.3 Å². The molecule has 0 spiro atoms. The summed E-state index contributed by atoms with van der Waals surface area (Å²) in [6.45, 7) is 2.32. The number of hydrogen-bond acceptors (Lipinski definition) is 5. The maximum absolute atomic E-state index is 10.9. The number of anilines is 1. The number of rotatable bonds is 4. The van der Waals surface area contributed by atoms with Crippen LogP contribution in [0.1, 0.15) is 10.6 Å². The summed E-state index contributed by atoms with van der Waals surface area (Å²) in [5.41, 5.74) is 0.742. The summed E-state index contributed by atoms with van der Waals surface area (Å²) in [4.78, 5) is 15.7. The van der Waals surface area contributed by atoms with Crippen molar-refractivity contribution in [1.29, 1.82) is 0 Å². The van der Waals surface area contributed by atoms with Gasteiger partial charge in [0.15, 0.2) is 0 Å². The number of pyridine rings is 1. The van der Waals surface area contributed by atoms with Crippen LogP contribution in [0.4, 0.5) is 11.5 Å². The predicted molar refractivity (Wildman–Crippen MR) is 75.0 cm³/mol. The maximum Gasteiger partial charge on any atom is 0.311 e. The molecule has 2 aromatic heterocycles. The van der Waals surface area contributed by atoms with Crippen molar-refractivity contribution >= 4 is 38.8 Å². The molecule has 0 amide bonds. The van der Waals surface area contributed by atoms with Gasteiger partial charge in [0, 0.05) is 26.5 Å². The highest BCUT2D eigenvalue weighted by atomic mass is 79.9. The highest BCUT2D eigenvalue weighted by Gasteiger charge is 2.14. The first kappa shape index (κ1) is 13.0. The molecule has 2 heterocycles. The Morgan fingerprint density at radius 2 is 2.33 bits per heavy atom. The van der Waals surface area contributed by atoms with Crippen LogP contribution in [0.3, 0.4) is 0 Å². The van der Waals surface area contributed by atoms with Gasteiger partial charge < -0.3 is 5.32 Å². The van der Waals surface area contributed by atoms with Crippen molar-refractivity contribution in [3.05, 3.63) is 48.7 Å². The normalized spacial score (nSPS) is 10.3. The fourth-order valence-corrected chi connectivity index (χ4v) is 2.83. The van der Waals surface area contributed by atoms with Gasteiger partial charge in [0.2, 0.25) is 5.82 Å². The third-order valence-electron chi connectivity index (χ3n) is 2.26. The molecule has 0 fully saturated rings. The van der Waals surface area contributed by atoms with Crippen molar-refractivity contribution in [3.8, 4) is 0 Å². The summed E-state index contributed by atoms with van der Waals surface area (Å²) in [6.07, 6.45) is 0. The molecule has 7 heteroatoms. The molecule has 0 aliphatic heterocycles. The van der Waals surface area contributed by atoms with E-state index in [2.05, 4.69) is 26.2 Å². The van der Waals surface area contributed by atoms with Crippen LogP contribution in [0.5, 0.6) is 0 Å². The molecule has 5 nitrogen and oxygen atoms in total. The van der Waals surface area contributed by atoms with Crippen LogP contribution in [0, 0.1) is 17.0 Å². The minimum absolute atomic E-state index is 0.00350. The van der Waals surface area contributed by atoms with E-state index in [1.165, 1.54) is 6.07 Å². The van der Waals surface area contributed by atoms with Gasteiger partial charge in [-0.1, -0.05) is 0 Å². The Hall–Kier alpha value is -1.47. The van der Waals surface area contributed by atoms with Crippen molar-refractivity contribution in [2.75, 3.05) is 5.32 Å². The monoisotopic (exact) mass is 327 g/mol. The molecule has 0 aliphatic rings. The van der Waals surface area contributed by atoms with Gasteiger partial charge in [0.25, 0.3) is 0 Å². The number of halogens is 1. The maximum atomic E-state index is 10.9. The van der Waals surface area contributed by atoms with Crippen LogP contribution in [0.25, 0.3) is 0 Å². The SMILES string of the molecule is Cc1ccc([N+](=O)[O-])c(NCc2cc(Br)cs2)n1. The van der Waals surface area contributed by atoms with Crippen molar-refractivity contribution in [2.24, 2.45) is 0 Å². The van der Waals surface area contributed by atoms with Gasteiger partial charge in [-0.05, 0) is 35.0 Å². The van der Waals surface area contributed by atoms with Gasteiger partial charge in [0.05, 0.1) is 11.5 Å². The van der Waals surface area contributed by atoms with Crippen LogP contribution in [0.15, 0.2) is 28.1 Å². The number of thiophene rings is 1. The van der Waals surface area contributed by atoms with Gasteiger partial charge in [-0.2, -0.15) is 0 Å². The Bertz CT molecular complexity index is 585. The largest absolute Gasteiger partial charge is 0.359 e. The molecular formula is C11H10BrN3O2S.